The first-order chi connectivity index (χ1) is 12.1. The largest absolute Gasteiger partial charge is 0.378 e. The zero-order chi connectivity index (χ0) is 17.4. The summed E-state index contributed by atoms with van der Waals surface area (Å²) < 4.78 is 5.38. The van der Waals surface area contributed by atoms with E-state index in [0.29, 0.717) is 16.8 Å². The Morgan fingerprint density at radius 3 is 2.48 bits per heavy atom. The van der Waals surface area contributed by atoms with E-state index < -0.39 is 5.91 Å². The van der Waals surface area contributed by atoms with Crippen molar-refractivity contribution in [3.63, 3.8) is 0 Å². The Labute approximate surface area is 145 Å². The zero-order valence-corrected chi connectivity index (χ0v) is 13.7. The van der Waals surface area contributed by atoms with Crippen molar-refractivity contribution >= 4 is 23.2 Å². The van der Waals surface area contributed by atoms with Crippen molar-refractivity contribution in [1.29, 1.82) is 0 Å². The molecule has 1 saturated heterocycles. The summed E-state index contributed by atoms with van der Waals surface area (Å²) in [4.78, 5) is 25.7. The average molecular weight is 337 g/mol. The fraction of sp³-hybridized carbons (Fsp3) is 0.263. The molecule has 128 valence electrons. The third kappa shape index (κ3) is 2.96. The normalized spacial score (nSPS) is 16.5. The standard InChI is InChI=1S/C19H19N3O3/c20-19(24)16-9-13(10-17-15(16)11-18(23)21-17)12-1-3-14(4-2-12)22-5-7-25-8-6-22/h1-4,9-10H,5-8,11H2,(H2,20,24)(H,21,23). The topological polar surface area (TPSA) is 84.7 Å². The maximum Gasteiger partial charge on any atom is 0.249 e. The summed E-state index contributed by atoms with van der Waals surface area (Å²) in [6, 6.07) is 11.8. The van der Waals surface area contributed by atoms with Crippen molar-refractivity contribution < 1.29 is 14.3 Å². The van der Waals surface area contributed by atoms with Crippen LogP contribution in [0.3, 0.4) is 0 Å². The van der Waals surface area contributed by atoms with E-state index in [9.17, 15) is 9.59 Å². The molecule has 0 aliphatic carbocycles. The summed E-state index contributed by atoms with van der Waals surface area (Å²) in [6.45, 7) is 3.26. The molecule has 0 radical (unpaired) electrons. The number of benzene rings is 2. The van der Waals surface area contributed by atoms with E-state index in [1.165, 1.54) is 0 Å². The highest BCUT2D eigenvalue weighted by Crippen LogP contribution is 2.33. The fourth-order valence-electron chi connectivity index (χ4n) is 3.40. The van der Waals surface area contributed by atoms with Crippen molar-refractivity contribution in [2.45, 2.75) is 6.42 Å². The van der Waals surface area contributed by atoms with Crippen LogP contribution >= 0.6 is 0 Å². The second kappa shape index (κ2) is 6.22. The van der Waals surface area contributed by atoms with Crippen molar-refractivity contribution in [1.82, 2.24) is 0 Å². The minimum absolute atomic E-state index is 0.114. The van der Waals surface area contributed by atoms with E-state index in [-0.39, 0.29) is 12.3 Å². The minimum Gasteiger partial charge on any atom is -0.378 e. The van der Waals surface area contributed by atoms with E-state index in [4.69, 9.17) is 10.5 Å². The van der Waals surface area contributed by atoms with Gasteiger partial charge in [0.15, 0.2) is 0 Å². The van der Waals surface area contributed by atoms with Crippen LogP contribution in [-0.4, -0.2) is 38.1 Å². The van der Waals surface area contributed by atoms with E-state index in [2.05, 4.69) is 22.3 Å². The minimum atomic E-state index is -0.514. The Bertz CT molecular complexity index is 840. The molecule has 2 aliphatic rings. The van der Waals surface area contributed by atoms with Gasteiger partial charge in [-0.15, -0.1) is 0 Å². The summed E-state index contributed by atoms with van der Waals surface area (Å²) >= 11 is 0. The van der Waals surface area contributed by atoms with Gasteiger partial charge in [-0.2, -0.15) is 0 Å². The van der Waals surface area contributed by atoms with Crippen molar-refractivity contribution in [3.05, 3.63) is 47.5 Å². The van der Waals surface area contributed by atoms with Crippen LogP contribution in [0.1, 0.15) is 15.9 Å². The lowest BCUT2D eigenvalue weighted by Gasteiger charge is -2.29. The fourth-order valence-corrected chi connectivity index (χ4v) is 3.40. The summed E-state index contributed by atoms with van der Waals surface area (Å²) in [5.41, 5.74) is 10.3. The Hall–Kier alpha value is -2.86. The number of ether oxygens (including phenoxy) is 1. The van der Waals surface area contributed by atoms with Crippen LogP contribution < -0.4 is 16.0 Å². The molecule has 6 nitrogen and oxygen atoms in total. The molecule has 25 heavy (non-hydrogen) atoms. The molecule has 2 aromatic rings. The molecule has 0 saturated carbocycles. The zero-order valence-electron chi connectivity index (χ0n) is 13.7. The van der Waals surface area contributed by atoms with Crippen LogP contribution in [0, 0.1) is 0 Å². The van der Waals surface area contributed by atoms with Crippen LogP contribution in [0.2, 0.25) is 0 Å². The van der Waals surface area contributed by atoms with Crippen molar-refractivity contribution in [2.24, 2.45) is 5.73 Å². The summed E-state index contributed by atoms with van der Waals surface area (Å²) in [5.74, 6) is -0.628. The third-order valence-electron chi connectivity index (χ3n) is 4.70. The van der Waals surface area contributed by atoms with Crippen LogP contribution in [0.5, 0.6) is 0 Å². The molecule has 4 rings (SSSR count). The SMILES string of the molecule is NC(=O)c1cc(-c2ccc(N3CCOCC3)cc2)cc2c1CC(=O)N2. The second-order valence-corrected chi connectivity index (χ2v) is 6.29. The monoisotopic (exact) mass is 337 g/mol. The molecule has 0 unspecified atom stereocenters. The number of hydrogen-bond donors (Lipinski definition) is 2. The van der Waals surface area contributed by atoms with Crippen LogP contribution in [-0.2, 0) is 16.0 Å². The number of primary amides is 1. The van der Waals surface area contributed by atoms with Gasteiger partial charge in [0.2, 0.25) is 11.8 Å². The predicted octanol–water partition coefficient (Wildman–Crippen LogP) is 1.78. The first-order valence-corrected chi connectivity index (χ1v) is 8.31. The Kier molecular flexibility index (Phi) is 3.89. The lowest BCUT2D eigenvalue weighted by Crippen LogP contribution is -2.36. The number of hydrogen-bond acceptors (Lipinski definition) is 4. The van der Waals surface area contributed by atoms with Gasteiger partial charge in [-0.1, -0.05) is 12.1 Å². The van der Waals surface area contributed by atoms with Gasteiger partial charge in [-0.3, -0.25) is 9.59 Å². The second-order valence-electron chi connectivity index (χ2n) is 6.29. The number of nitrogens with one attached hydrogen (secondary N) is 1. The molecule has 2 aliphatic heterocycles. The molecule has 0 spiro atoms. The highest BCUT2D eigenvalue weighted by molar-refractivity contribution is 6.06. The molecule has 0 aromatic heterocycles. The summed E-state index contributed by atoms with van der Waals surface area (Å²) in [6.07, 6.45) is 0.198. The van der Waals surface area contributed by atoms with Crippen molar-refractivity contribution in [3.8, 4) is 11.1 Å². The average Bonchev–Trinajstić information content (AvgIpc) is 3.01. The van der Waals surface area contributed by atoms with Gasteiger partial charge in [-0.05, 0) is 41.0 Å². The lowest BCUT2D eigenvalue weighted by molar-refractivity contribution is -0.115. The summed E-state index contributed by atoms with van der Waals surface area (Å²) in [7, 11) is 0. The third-order valence-corrected chi connectivity index (χ3v) is 4.70. The Morgan fingerprint density at radius 1 is 1.08 bits per heavy atom. The molecule has 1 fully saturated rings. The number of fused-ring (bicyclic) bond motifs is 1. The molecule has 3 N–H and O–H groups in total. The maximum absolute atomic E-state index is 11.8. The van der Waals surface area contributed by atoms with E-state index in [1.54, 1.807) is 6.07 Å². The first-order valence-electron chi connectivity index (χ1n) is 8.31. The lowest BCUT2D eigenvalue weighted by atomic mass is 9.96. The highest BCUT2D eigenvalue weighted by Gasteiger charge is 2.24. The van der Waals surface area contributed by atoms with Crippen LogP contribution in [0.4, 0.5) is 11.4 Å². The smallest absolute Gasteiger partial charge is 0.249 e. The van der Waals surface area contributed by atoms with Gasteiger partial charge in [0, 0.05) is 30.0 Å². The molecular formula is C19H19N3O3. The van der Waals surface area contributed by atoms with Crippen LogP contribution in [0.25, 0.3) is 11.1 Å². The number of carbonyl (C=O) groups is 2. The Balaban J connectivity index is 1.68. The quantitative estimate of drug-likeness (QED) is 0.894. The molecule has 0 bridgehead atoms. The van der Waals surface area contributed by atoms with Gasteiger partial charge >= 0.3 is 0 Å². The van der Waals surface area contributed by atoms with Crippen LogP contribution in [0.15, 0.2) is 36.4 Å². The number of nitrogens with zero attached hydrogens (tertiary/aromatic N) is 1. The molecular weight excluding hydrogens is 318 g/mol. The van der Waals surface area contributed by atoms with Gasteiger partial charge in [0.1, 0.15) is 0 Å². The number of rotatable bonds is 3. The van der Waals surface area contributed by atoms with Gasteiger partial charge in [-0.25, -0.2) is 0 Å². The first kappa shape index (κ1) is 15.7. The Morgan fingerprint density at radius 2 is 1.80 bits per heavy atom. The molecule has 2 heterocycles. The number of amides is 2. The van der Waals surface area contributed by atoms with E-state index in [0.717, 1.165) is 43.1 Å². The molecule has 6 heteroatoms. The molecule has 2 amide bonds. The number of carbonyl (C=O) groups excluding carboxylic acids is 2. The highest BCUT2D eigenvalue weighted by atomic mass is 16.5. The van der Waals surface area contributed by atoms with Crippen molar-refractivity contribution in [2.75, 3.05) is 36.5 Å². The number of morpholine rings is 1. The maximum atomic E-state index is 11.8. The van der Waals surface area contributed by atoms with Gasteiger partial charge < -0.3 is 20.7 Å². The predicted molar refractivity (Wildman–Crippen MR) is 95.8 cm³/mol. The number of nitrogens with two attached hydrogens (primary N) is 1. The summed E-state index contributed by atoms with van der Waals surface area (Å²) in [5, 5.41) is 2.80. The van der Waals surface area contributed by atoms with Gasteiger partial charge in [0.25, 0.3) is 0 Å². The van der Waals surface area contributed by atoms with E-state index >= 15 is 0 Å². The molecule has 0 atom stereocenters. The number of anilines is 2. The van der Waals surface area contributed by atoms with E-state index in [1.807, 2.05) is 18.2 Å². The molecule has 2 aromatic carbocycles. The van der Waals surface area contributed by atoms with Gasteiger partial charge in [0.05, 0.1) is 19.6 Å².